The van der Waals surface area contributed by atoms with Gasteiger partial charge in [0.15, 0.2) is 17.1 Å². The number of nitrogens with zero attached hydrogens (tertiary/aromatic N) is 3. The third kappa shape index (κ3) is 4.65. The van der Waals surface area contributed by atoms with Crippen molar-refractivity contribution in [1.82, 2.24) is 9.88 Å². The second-order valence-electron chi connectivity index (χ2n) is 7.68. The molecule has 0 spiro atoms. The number of nitrogens with one attached hydrogen (secondary N) is 1. The largest absolute Gasteiger partial charge is 0.401 e. The number of piperazine rings is 1. The molecular weight excluding hydrogens is 467 g/mol. The van der Waals surface area contributed by atoms with Crippen LogP contribution >= 0.6 is 11.6 Å². The molecule has 1 aromatic heterocycles. The number of aromatic nitrogens is 1. The summed E-state index contributed by atoms with van der Waals surface area (Å²) in [6, 6.07) is 8.44. The molecule has 0 aliphatic carbocycles. The minimum Gasteiger partial charge on any atom is -0.364 e. The van der Waals surface area contributed by atoms with Crippen LogP contribution in [0, 0.1) is 23.0 Å². The van der Waals surface area contributed by atoms with Crippen LogP contribution < -0.4 is 10.3 Å². The zero-order valence-corrected chi connectivity index (χ0v) is 17.7. The van der Waals surface area contributed by atoms with E-state index in [1.165, 1.54) is 23.1 Å². The molecule has 0 radical (unpaired) electrons. The number of anilines is 1. The molecule has 1 fully saturated rings. The van der Waals surface area contributed by atoms with Crippen molar-refractivity contribution in [3.05, 3.63) is 62.8 Å². The maximum absolute atomic E-state index is 15.3. The number of hydrogen-bond acceptors (Lipinski definition) is 4. The van der Waals surface area contributed by atoms with Crippen LogP contribution in [0.5, 0.6) is 0 Å². The molecule has 1 aliphatic heterocycles. The Morgan fingerprint density at radius 1 is 1.09 bits per heavy atom. The summed E-state index contributed by atoms with van der Waals surface area (Å²) in [7, 11) is 0. The van der Waals surface area contributed by atoms with E-state index in [4.69, 9.17) is 16.9 Å². The van der Waals surface area contributed by atoms with E-state index < -0.39 is 35.5 Å². The van der Waals surface area contributed by atoms with Gasteiger partial charge in [-0.3, -0.25) is 9.69 Å². The molecular formula is C22H16ClF5N4O. The average Bonchev–Trinajstić information content (AvgIpc) is 2.73. The molecule has 33 heavy (non-hydrogen) atoms. The molecule has 5 nitrogen and oxygen atoms in total. The lowest BCUT2D eigenvalue weighted by Crippen LogP contribution is -2.49. The van der Waals surface area contributed by atoms with Crippen LogP contribution in [-0.4, -0.2) is 48.8 Å². The third-order valence-corrected chi connectivity index (χ3v) is 5.79. The second kappa shape index (κ2) is 8.65. The molecule has 172 valence electrons. The standard InChI is InChI=1S/C22H16ClF5N4O/c23-14-2-1-12(10-29)7-13(14)16-9-18(33)19-17(30-16)8-15(24)21(20(19)25)32-5-3-31(4-6-32)11-22(26,27)28/h1-2,7-9H,3-6,11H2,(H,30,33). The predicted molar refractivity (Wildman–Crippen MR) is 114 cm³/mol. The summed E-state index contributed by atoms with van der Waals surface area (Å²) < 4.78 is 68.0. The van der Waals surface area contributed by atoms with Gasteiger partial charge in [-0.2, -0.15) is 18.4 Å². The number of hydrogen-bond donors (Lipinski definition) is 1. The Kier molecular flexibility index (Phi) is 6.03. The molecule has 2 heterocycles. The van der Waals surface area contributed by atoms with E-state index in [1.54, 1.807) is 0 Å². The zero-order valence-electron chi connectivity index (χ0n) is 16.9. The molecule has 1 aliphatic rings. The van der Waals surface area contributed by atoms with Crippen molar-refractivity contribution in [2.24, 2.45) is 0 Å². The topological polar surface area (TPSA) is 63.1 Å². The molecule has 0 saturated carbocycles. The average molecular weight is 483 g/mol. The number of halogens is 6. The molecule has 2 aromatic carbocycles. The monoisotopic (exact) mass is 482 g/mol. The summed E-state index contributed by atoms with van der Waals surface area (Å²) in [6.45, 7) is -1.20. The first-order valence-corrected chi connectivity index (χ1v) is 10.2. The van der Waals surface area contributed by atoms with Crippen LogP contribution in [-0.2, 0) is 0 Å². The third-order valence-electron chi connectivity index (χ3n) is 5.46. The van der Waals surface area contributed by atoms with E-state index in [1.807, 2.05) is 6.07 Å². The van der Waals surface area contributed by atoms with Gasteiger partial charge >= 0.3 is 6.18 Å². The summed E-state index contributed by atoms with van der Waals surface area (Å²) in [4.78, 5) is 18.0. The Morgan fingerprint density at radius 2 is 1.79 bits per heavy atom. The van der Waals surface area contributed by atoms with E-state index in [9.17, 15) is 22.4 Å². The molecule has 3 aromatic rings. The van der Waals surface area contributed by atoms with E-state index in [0.717, 1.165) is 17.0 Å². The summed E-state index contributed by atoms with van der Waals surface area (Å²) in [5.41, 5.74) is -0.496. The number of fused-ring (bicyclic) bond motifs is 1. The van der Waals surface area contributed by atoms with Crippen LogP contribution in [0.15, 0.2) is 35.1 Å². The highest BCUT2D eigenvalue weighted by Crippen LogP contribution is 2.32. The fourth-order valence-corrected chi connectivity index (χ4v) is 4.17. The van der Waals surface area contributed by atoms with Gasteiger partial charge in [0.05, 0.1) is 34.8 Å². The number of H-pyrrole nitrogens is 1. The molecule has 4 rings (SSSR count). The van der Waals surface area contributed by atoms with Crippen molar-refractivity contribution in [2.75, 3.05) is 37.6 Å². The van der Waals surface area contributed by atoms with Crippen molar-refractivity contribution in [1.29, 1.82) is 5.26 Å². The number of benzene rings is 2. The van der Waals surface area contributed by atoms with Crippen molar-refractivity contribution in [3.8, 4) is 17.3 Å². The number of rotatable bonds is 3. The molecule has 1 saturated heterocycles. The lowest BCUT2D eigenvalue weighted by atomic mass is 10.1. The SMILES string of the molecule is N#Cc1ccc(Cl)c(-c2cc(=O)c3c(F)c(N4CCN(CC(F)(F)F)CC4)c(F)cc3[nH]2)c1. The van der Waals surface area contributed by atoms with Gasteiger partial charge in [-0.15, -0.1) is 0 Å². The Bertz CT molecular complexity index is 1320. The van der Waals surface area contributed by atoms with Gasteiger partial charge in [0.2, 0.25) is 0 Å². The zero-order chi connectivity index (χ0) is 23.9. The van der Waals surface area contributed by atoms with E-state index in [2.05, 4.69) is 4.98 Å². The lowest BCUT2D eigenvalue weighted by molar-refractivity contribution is -0.146. The van der Waals surface area contributed by atoms with Gasteiger partial charge in [0, 0.05) is 48.9 Å². The second-order valence-corrected chi connectivity index (χ2v) is 8.08. The molecule has 0 amide bonds. The Labute approximate surface area is 189 Å². The maximum atomic E-state index is 15.3. The minimum atomic E-state index is -4.36. The van der Waals surface area contributed by atoms with Gasteiger partial charge in [-0.25, -0.2) is 8.78 Å². The van der Waals surface area contributed by atoms with Crippen LogP contribution in [0.2, 0.25) is 5.02 Å². The Balaban J connectivity index is 1.72. The lowest BCUT2D eigenvalue weighted by Gasteiger charge is -2.36. The van der Waals surface area contributed by atoms with Crippen LogP contribution in [0.3, 0.4) is 0 Å². The van der Waals surface area contributed by atoms with Crippen LogP contribution in [0.4, 0.5) is 27.6 Å². The van der Waals surface area contributed by atoms with Crippen molar-refractivity contribution < 1.29 is 22.0 Å². The first-order chi connectivity index (χ1) is 15.6. The Morgan fingerprint density at radius 3 is 2.42 bits per heavy atom. The van der Waals surface area contributed by atoms with Gasteiger partial charge in [0.25, 0.3) is 0 Å². The van der Waals surface area contributed by atoms with Crippen molar-refractivity contribution in [2.45, 2.75) is 6.18 Å². The summed E-state index contributed by atoms with van der Waals surface area (Å²) in [6.07, 6.45) is -4.36. The number of alkyl halides is 3. The van der Waals surface area contributed by atoms with Gasteiger partial charge in [0.1, 0.15) is 5.69 Å². The Hall–Kier alpha value is -3.16. The van der Waals surface area contributed by atoms with E-state index in [-0.39, 0.29) is 53.4 Å². The number of pyridine rings is 1. The molecule has 0 atom stereocenters. The fourth-order valence-electron chi connectivity index (χ4n) is 3.95. The van der Waals surface area contributed by atoms with Gasteiger partial charge < -0.3 is 9.88 Å². The number of nitriles is 1. The van der Waals surface area contributed by atoms with Gasteiger partial charge in [-0.1, -0.05) is 11.6 Å². The molecule has 11 heteroatoms. The van der Waals surface area contributed by atoms with Gasteiger partial charge in [-0.05, 0) is 18.2 Å². The highest BCUT2D eigenvalue weighted by Gasteiger charge is 2.33. The summed E-state index contributed by atoms with van der Waals surface area (Å²) >= 11 is 6.17. The maximum Gasteiger partial charge on any atom is 0.401 e. The first kappa shape index (κ1) is 23.0. The molecule has 0 bridgehead atoms. The fraction of sp³-hybridized carbons (Fsp3) is 0.273. The van der Waals surface area contributed by atoms with E-state index in [0.29, 0.717) is 5.56 Å². The highest BCUT2D eigenvalue weighted by molar-refractivity contribution is 6.33. The smallest absolute Gasteiger partial charge is 0.364 e. The molecule has 0 unspecified atom stereocenters. The van der Waals surface area contributed by atoms with Crippen molar-refractivity contribution in [3.63, 3.8) is 0 Å². The van der Waals surface area contributed by atoms with E-state index >= 15 is 4.39 Å². The number of aromatic amines is 1. The molecule has 1 N–H and O–H groups in total. The van der Waals surface area contributed by atoms with Crippen LogP contribution in [0.25, 0.3) is 22.2 Å². The van der Waals surface area contributed by atoms with Crippen LogP contribution in [0.1, 0.15) is 5.56 Å². The quantitative estimate of drug-likeness (QED) is 0.551. The minimum absolute atomic E-state index is 0.0258. The first-order valence-electron chi connectivity index (χ1n) is 9.86. The normalized spacial score (nSPS) is 15.1. The highest BCUT2D eigenvalue weighted by atomic mass is 35.5. The van der Waals surface area contributed by atoms with Crippen molar-refractivity contribution >= 4 is 28.2 Å². The summed E-state index contributed by atoms with van der Waals surface area (Å²) in [5, 5.41) is 8.96. The summed E-state index contributed by atoms with van der Waals surface area (Å²) in [5.74, 6) is -2.03. The predicted octanol–water partition coefficient (Wildman–Crippen LogP) is 4.68.